The van der Waals surface area contributed by atoms with Crippen molar-refractivity contribution < 1.29 is 0 Å². The minimum absolute atomic E-state index is 0.0282. The molecule has 5 aliphatic rings. The second-order valence-electron chi connectivity index (χ2n) is 25.2. The molecule has 0 radical (unpaired) electrons. The Kier molecular flexibility index (Phi) is 9.66. The number of fused-ring (bicyclic) bond motifs is 13. The number of benzene rings is 8. The number of hydrogen-bond acceptors (Lipinski definition) is 4. The van der Waals surface area contributed by atoms with E-state index in [-0.39, 0.29) is 33.9 Å². The summed E-state index contributed by atoms with van der Waals surface area (Å²) in [6, 6.07) is 65.8. The lowest BCUT2D eigenvalue weighted by Gasteiger charge is -2.52. The van der Waals surface area contributed by atoms with Crippen molar-refractivity contribution in [3.8, 4) is 22.3 Å². The number of hydrogen-bond donors (Lipinski definition) is 0. The molecule has 3 nitrogen and oxygen atoms in total. The Labute approximate surface area is 443 Å². The van der Waals surface area contributed by atoms with Crippen LogP contribution in [0.2, 0.25) is 0 Å². The molecule has 3 aliphatic heterocycles. The van der Waals surface area contributed by atoms with Crippen molar-refractivity contribution >= 4 is 89.3 Å². The summed E-state index contributed by atoms with van der Waals surface area (Å²) in [6.07, 6.45) is 4.80. The van der Waals surface area contributed by atoms with Gasteiger partial charge in [0.15, 0.2) is 0 Å². The van der Waals surface area contributed by atoms with Crippen LogP contribution < -0.4 is 30.4 Å². The Morgan fingerprint density at radius 3 is 1.92 bits per heavy atom. The van der Waals surface area contributed by atoms with E-state index >= 15 is 0 Å². The predicted octanol–water partition coefficient (Wildman–Crippen LogP) is 17.3. The Morgan fingerprint density at radius 2 is 1.19 bits per heavy atom. The fourth-order valence-electron chi connectivity index (χ4n) is 14.5. The van der Waals surface area contributed by atoms with Crippen molar-refractivity contribution in [1.82, 2.24) is 0 Å². The summed E-state index contributed by atoms with van der Waals surface area (Å²) >= 11 is 2.04. The minimum atomic E-state index is -0.123. The molecule has 1 saturated carbocycles. The van der Waals surface area contributed by atoms with Gasteiger partial charge in [0.05, 0.1) is 16.9 Å². The highest BCUT2D eigenvalue weighted by Gasteiger charge is 2.62. The molecule has 74 heavy (non-hydrogen) atoms. The SMILES string of the molecule is CC(C)(C)c1ccc(N(c2ccc3c(c2)N2c4c(ccc5c4B3c3sc4cc6c(cc4c3N5c3ccc(C(C)(C)C)cc3)-c3ccccc3C6(C)C)C3(C)CCCCC23C)c2ccccc2-c2ccccc2)cc1. The predicted molar refractivity (Wildman–Crippen MR) is 319 cm³/mol. The first-order chi connectivity index (χ1) is 35.5. The van der Waals surface area contributed by atoms with Crippen LogP contribution in [-0.4, -0.2) is 12.3 Å². The van der Waals surface area contributed by atoms with Gasteiger partial charge in [-0.15, -0.1) is 11.3 Å². The molecule has 0 N–H and O–H groups in total. The van der Waals surface area contributed by atoms with Crippen LogP contribution in [-0.2, 0) is 21.7 Å². The van der Waals surface area contributed by atoms with Crippen LogP contribution in [0, 0.1) is 0 Å². The maximum absolute atomic E-state index is 2.90. The Hall–Kier alpha value is -6.82. The number of thiophene rings is 1. The average molecular weight is 980 g/mol. The van der Waals surface area contributed by atoms with Crippen molar-refractivity contribution in [3.05, 3.63) is 198 Å². The third-order valence-electron chi connectivity index (χ3n) is 18.7. The molecule has 0 saturated heterocycles. The standard InChI is InChI=1S/C69H66BN3S/c1-65(2,3)44-26-30-46(31-27-44)71(57-25-17-15-22-49(57)43-20-12-11-13-21-43)48-34-36-56-59(40-48)73-63-54(68(9)38-18-19-39-69(68,73)10)35-37-58-61(63)70(56)64-62(72(58)47-32-28-45(29-33-47)66(4,5)6)52-41-51-50-23-14-16-24-53(50)67(7,8)55(51)42-60(52)74-64/h11-17,20-37,40-42H,18-19,38-39H2,1-10H3. The maximum atomic E-state index is 2.90. The summed E-state index contributed by atoms with van der Waals surface area (Å²) in [6.45, 7) is 24.0. The topological polar surface area (TPSA) is 9.72 Å². The second-order valence-corrected chi connectivity index (χ2v) is 26.3. The molecule has 4 heterocycles. The quantitative estimate of drug-likeness (QED) is 0.159. The fourth-order valence-corrected chi connectivity index (χ4v) is 15.8. The van der Waals surface area contributed by atoms with Gasteiger partial charge in [0, 0.05) is 65.4 Å². The zero-order valence-corrected chi connectivity index (χ0v) is 45.6. The normalized spacial score (nSPS) is 19.7. The van der Waals surface area contributed by atoms with E-state index in [1.807, 2.05) is 11.3 Å². The summed E-state index contributed by atoms with van der Waals surface area (Å²) in [5.41, 5.74) is 25.1. The second kappa shape index (κ2) is 15.6. The van der Waals surface area contributed by atoms with Crippen LogP contribution in [0.1, 0.15) is 123 Å². The lowest BCUT2D eigenvalue weighted by Crippen LogP contribution is -2.63. The summed E-state index contributed by atoms with van der Waals surface area (Å²) in [5, 5.41) is 1.35. The van der Waals surface area contributed by atoms with Crippen LogP contribution in [0.5, 0.6) is 0 Å². The molecule has 0 amide bonds. The molecule has 1 aromatic heterocycles. The van der Waals surface area contributed by atoms with E-state index in [0.29, 0.717) is 0 Å². The van der Waals surface area contributed by atoms with Gasteiger partial charge in [0.25, 0.3) is 6.71 Å². The van der Waals surface area contributed by atoms with E-state index < -0.39 is 0 Å². The first kappa shape index (κ1) is 45.8. The molecule has 14 rings (SSSR count). The van der Waals surface area contributed by atoms with Crippen LogP contribution in [0.15, 0.2) is 170 Å². The van der Waals surface area contributed by atoms with E-state index in [9.17, 15) is 0 Å². The van der Waals surface area contributed by atoms with Crippen LogP contribution in [0.4, 0.5) is 45.5 Å². The van der Waals surface area contributed by atoms with Crippen molar-refractivity contribution in [1.29, 1.82) is 0 Å². The van der Waals surface area contributed by atoms with E-state index in [4.69, 9.17) is 0 Å². The van der Waals surface area contributed by atoms with Crippen molar-refractivity contribution in [3.63, 3.8) is 0 Å². The number of rotatable bonds is 5. The summed E-state index contributed by atoms with van der Waals surface area (Å²) in [4.78, 5) is 8.11. The van der Waals surface area contributed by atoms with Crippen molar-refractivity contribution in [2.45, 2.75) is 122 Å². The number of anilines is 8. The van der Waals surface area contributed by atoms with E-state index in [1.165, 1.54) is 135 Å². The lowest BCUT2D eigenvalue weighted by molar-refractivity contribution is 0.195. The molecule has 366 valence electrons. The molecule has 0 bridgehead atoms. The highest BCUT2D eigenvalue weighted by atomic mass is 32.1. The van der Waals surface area contributed by atoms with Gasteiger partial charge in [0.1, 0.15) is 0 Å². The largest absolute Gasteiger partial charge is 0.335 e. The Bertz CT molecular complexity index is 3780. The van der Waals surface area contributed by atoms with E-state index in [0.717, 1.165) is 12.1 Å². The molecular formula is C69H66BN3S. The molecule has 8 aromatic carbocycles. The van der Waals surface area contributed by atoms with Gasteiger partial charge in [-0.2, -0.15) is 0 Å². The van der Waals surface area contributed by atoms with Gasteiger partial charge in [-0.05, 0) is 147 Å². The van der Waals surface area contributed by atoms with Crippen LogP contribution in [0.3, 0.4) is 0 Å². The third kappa shape index (κ3) is 6.26. The first-order valence-electron chi connectivity index (χ1n) is 27.3. The average Bonchev–Trinajstić information content (AvgIpc) is 4.00. The highest BCUT2D eigenvalue weighted by molar-refractivity contribution is 7.33. The lowest BCUT2D eigenvalue weighted by atomic mass is 9.36. The van der Waals surface area contributed by atoms with Gasteiger partial charge in [-0.3, -0.25) is 0 Å². The van der Waals surface area contributed by atoms with Gasteiger partial charge >= 0.3 is 0 Å². The molecular weight excluding hydrogens is 914 g/mol. The van der Waals surface area contributed by atoms with E-state index in [2.05, 4.69) is 254 Å². The third-order valence-corrected chi connectivity index (χ3v) is 19.9. The summed E-state index contributed by atoms with van der Waals surface area (Å²) in [5.74, 6) is 0. The van der Waals surface area contributed by atoms with Gasteiger partial charge in [-0.25, -0.2) is 0 Å². The van der Waals surface area contributed by atoms with Crippen molar-refractivity contribution in [2.24, 2.45) is 0 Å². The highest BCUT2D eigenvalue weighted by Crippen LogP contribution is 2.63. The molecule has 5 heteroatoms. The molecule has 2 aliphatic carbocycles. The molecule has 1 fully saturated rings. The minimum Gasteiger partial charge on any atom is -0.335 e. The van der Waals surface area contributed by atoms with Gasteiger partial charge < -0.3 is 14.7 Å². The van der Waals surface area contributed by atoms with Crippen molar-refractivity contribution in [2.75, 3.05) is 14.7 Å². The van der Waals surface area contributed by atoms with Crippen LogP contribution in [0.25, 0.3) is 32.3 Å². The first-order valence-corrected chi connectivity index (χ1v) is 28.1. The molecule has 9 aromatic rings. The fraction of sp³-hybridized carbons (Fsp3) is 0.275. The number of nitrogens with zero attached hydrogens (tertiary/aromatic N) is 3. The zero-order valence-electron chi connectivity index (χ0n) is 44.8. The summed E-state index contributed by atoms with van der Waals surface area (Å²) in [7, 11) is 0. The molecule has 0 spiro atoms. The zero-order chi connectivity index (χ0) is 50.8. The smallest absolute Gasteiger partial charge is 0.264 e. The van der Waals surface area contributed by atoms with Crippen LogP contribution >= 0.6 is 11.3 Å². The Balaban J connectivity index is 1.05. The maximum Gasteiger partial charge on any atom is 0.264 e. The monoisotopic (exact) mass is 980 g/mol. The Morgan fingerprint density at radius 1 is 0.541 bits per heavy atom. The molecule has 2 unspecified atom stereocenters. The number of para-hydroxylation sites is 1. The van der Waals surface area contributed by atoms with E-state index in [1.54, 1.807) is 0 Å². The van der Waals surface area contributed by atoms with Gasteiger partial charge in [-0.1, -0.05) is 184 Å². The van der Waals surface area contributed by atoms with Gasteiger partial charge in [0.2, 0.25) is 0 Å². The summed E-state index contributed by atoms with van der Waals surface area (Å²) < 4.78 is 2.81. The molecule has 2 atom stereocenters.